The van der Waals surface area contributed by atoms with Crippen molar-refractivity contribution >= 4 is 34.6 Å². The van der Waals surface area contributed by atoms with Gasteiger partial charge in [0, 0.05) is 21.1 Å². The van der Waals surface area contributed by atoms with Gasteiger partial charge in [-0.3, -0.25) is 0 Å². The molecule has 4 heteroatoms. The SMILES string of the molecule is O=C(O)C1=Cc2cc(I)ccc2OCC1. The maximum absolute atomic E-state index is 10.9. The van der Waals surface area contributed by atoms with Crippen molar-refractivity contribution in [2.45, 2.75) is 6.42 Å². The number of carbonyl (C=O) groups is 1. The summed E-state index contributed by atoms with van der Waals surface area (Å²) in [5.41, 5.74) is 1.24. The van der Waals surface area contributed by atoms with Crippen molar-refractivity contribution in [1.82, 2.24) is 0 Å². The molecule has 3 nitrogen and oxygen atoms in total. The van der Waals surface area contributed by atoms with Crippen molar-refractivity contribution in [2.24, 2.45) is 0 Å². The van der Waals surface area contributed by atoms with Crippen molar-refractivity contribution in [3.05, 3.63) is 32.9 Å². The number of ether oxygens (including phenoxy) is 1. The Bertz CT molecular complexity index is 437. The predicted octanol–water partition coefficient (Wildman–Crippen LogP) is 2.54. The topological polar surface area (TPSA) is 46.5 Å². The van der Waals surface area contributed by atoms with Crippen LogP contribution in [0, 0.1) is 3.57 Å². The van der Waals surface area contributed by atoms with Gasteiger partial charge in [0.2, 0.25) is 0 Å². The van der Waals surface area contributed by atoms with Gasteiger partial charge in [0.15, 0.2) is 0 Å². The number of fused-ring (bicyclic) bond motifs is 1. The standard InChI is InChI=1S/C11H9IO3/c12-9-1-2-10-8(6-9)5-7(11(13)14)3-4-15-10/h1-2,5-6H,3-4H2,(H,13,14). The molecule has 0 fully saturated rings. The summed E-state index contributed by atoms with van der Waals surface area (Å²) in [6.45, 7) is 0.422. The van der Waals surface area contributed by atoms with Gasteiger partial charge in [0.25, 0.3) is 0 Å². The van der Waals surface area contributed by atoms with Crippen LogP contribution in [0.4, 0.5) is 0 Å². The van der Waals surface area contributed by atoms with E-state index < -0.39 is 5.97 Å². The molecule has 1 N–H and O–H groups in total. The van der Waals surface area contributed by atoms with Crippen LogP contribution in [0.3, 0.4) is 0 Å². The summed E-state index contributed by atoms with van der Waals surface area (Å²) >= 11 is 2.19. The molecule has 0 radical (unpaired) electrons. The van der Waals surface area contributed by atoms with E-state index in [0.717, 1.165) is 14.9 Å². The van der Waals surface area contributed by atoms with Crippen molar-refractivity contribution in [3.63, 3.8) is 0 Å². The average Bonchev–Trinajstić information content (AvgIpc) is 2.39. The lowest BCUT2D eigenvalue weighted by Crippen LogP contribution is -2.03. The Morgan fingerprint density at radius 3 is 3.00 bits per heavy atom. The van der Waals surface area contributed by atoms with Crippen LogP contribution in [0.25, 0.3) is 6.08 Å². The molecular weight excluding hydrogens is 307 g/mol. The molecule has 0 saturated heterocycles. The van der Waals surface area contributed by atoms with E-state index in [0.29, 0.717) is 18.6 Å². The molecule has 1 aromatic rings. The molecule has 0 atom stereocenters. The lowest BCUT2D eigenvalue weighted by molar-refractivity contribution is -0.132. The van der Waals surface area contributed by atoms with E-state index in [-0.39, 0.29) is 0 Å². The highest BCUT2D eigenvalue weighted by Gasteiger charge is 2.14. The van der Waals surface area contributed by atoms with Crippen LogP contribution in [0.5, 0.6) is 5.75 Å². The molecule has 1 heterocycles. The second-order valence-electron chi connectivity index (χ2n) is 3.26. The van der Waals surface area contributed by atoms with Crippen LogP contribution in [0.2, 0.25) is 0 Å². The Kier molecular flexibility index (Phi) is 2.95. The molecule has 1 aliphatic rings. The predicted molar refractivity (Wildman–Crippen MR) is 64.9 cm³/mol. The highest BCUT2D eigenvalue weighted by atomic mass is 127. The zero-order valence-corrected chi connectivity index (χ0v) is 10.0. The minimum absolute atomic E-state index is 0.399. The molecule has 1 aromatic carbocycles. The van der Waals surface area contributed by atoms with E-state index in [9.17, 15) is 4.79 Å². The zero-order chi connectivity index (χ0) is 10.8. The molecule has 1 aliphatic heterocycles. The van der Waals surface area contributed by atoms with Crippen LogP contribution in [0.1, 0.15) is 12.0 Å². The Morgan fingerprint density at radius 1 is 1.47 bits per heavy atom. The maximum Gasteiger partial charge on any atom is 0.331 e. The number of rotatable bonds is 1. The Morgan fingerprint density at radius 2 is 2.27 bits per heavy atom. The lowest BCUT2D eigenvalue weighted by Gasteiger charge is -2.05. The Hall–Kier alpha value is -1.04. The van der Waals surface area contributed by atoms with Gasteiger partial charge in [0.05, 0.1) is 6.61 Å². The van der Waals surface area contributed by atoms with Gasteiger partial charge < -0.3 is 9.84 Å². The molecule has 2 rings (SSSR count). The molecule has 0 amide bonds. The minimum atomic E-state index is -0.870. The summed E-state index contributed by atoms with van der Waals surface area (Å²) in [4.78, 5) is 10.9. The van der Waals surface area contributed by atoms with Crippen molar-refractivity contribution in [1.29, 1.82) is 0 Å². The first-order valence-corrected chi connectivity index (χ1v) is 5.61. The first-order valence-electron chi connectivity index (χ1n) is 4.53. The maximum atomic E-state index is 10.9. The number of carboxylic acids is 1. The first kappa shape index (κ1) is 10.5. The van der Waals surface area contributed by atoms with Crippen molar-refractivity contribution in [2.75, 3.05) is 6.61 Å². The highest BCUT2D eigenvalue weighted by molar-refractivity contribution is 14.1. The van der Waals surface area contributed by atoms with E-state index in [2.05, 4.69) is 22.6 Å². The molecule has 0 aliphatic carbocycles. The number of benzene rings is 1. The zero-order valence-electron chi connectivity index (χ0n) is 7.87. The fourth-order valence-corrected chi connectivity index (χ4v) is 1.98. The van der Waals surface area contributed by atoms with Gasteiger partial charge >= 0.3 is 5.97 Å². The summed E-state index contributed by atoms with van der Waals surface area (Å²) in [5, 5.41) is 8.93. The van der Waals surface area contributed by atoms with Crippen LogP contribution >= 0.6 is 22.6 Å². The van der Waals surface area contributed by atoms with E-state index in [4.69, 9.17) is 9.84 Å². The van der Waals surface area contributed by atoms with E-state index >= 15 is 0 Å². The third-order valence-corrected chi connectivity index (χ3v) is 2.88. The summed E-state index contributed by atoms with van der Waals surface area (Å²) in [5.74, 6) is -0.114. The quantitative estimate of drug-likeness (QED) is 0.810. The van der Waals surface area contributed by atoms with Gasteiger partial charge in [-0.2, -0.15) is 0 Å². The summed E-state index contributed by atoms with van der Waals surface area (Å²) in [6.07, 6.45) is 2.13. The second-order valence-corrected chi connectivity index (χ2v) is 4.50. The number of aliphatic carboxylic acids is 1. The molecule has 78 valence electrons. The van der Waals surface area contributed by atoms with Crippen LogP contribution in [-0.2, 0) is 4.79 Å². The molecule has 0 unspecified atom stereocenters. The average molecular weight is 316 g/mol. The van der Waals surface area contributed by atoms with Crippen LogP contribution < -0.4 is 4.74 Å². The third kappa shape index (κ3) is 2.31. The second kappa shape index (κ2) is 4.22. The summed E-state index contributed by atoms with van der Waals surface area (Å²) < 4.78 is 6.53. The molecular formula is C11H9IO3. The number of carboxylic acid groups (broad SMARTS) is 1. The highest BCUT2D eigenvalue weighted by Crippen LogP contribution is 2.27. The minimum Gasteiger partial charge on any atom is -0.493 e. The molecule has 0 saturated carbocycles. The lowest BCUT2D eigenvalue weighted by atomic mass is 10.1. The van der Waals surface area contributed by atoms with Crippen molar-refractivity contribution < 1.29 is 14.6 Å². The summed E-state index contributed by atoms with van der Waals surface area (Å²) in [6, 6.07) is 5.74. The fraction of sp³-hybridized carbons (Fsp3) is 0.182. The van der Waals surface area contributed by atoms with E-state index in [1.54, 1.807) is 6.08 Å². The molecule has 0 aromatic heterocycles. The fourth-order valence-electron chi connectivity index (χ4n) is 1.46. The van der Waals surface area contributed by atoms with Gasteiger partial charge in [-0.25, -0.2) is 4.79 Å². The van der Waals surface area contributed by atoms with Crippen LogP contribution in [0.15, 0.2) is 23.8 Å². The largest absolute Gasteiger partial charge is 0.493 e. The van der Waals surface area contributed by atoms with Gasteiger partial charge in [0.1, 0.15) is 5.75 Å². The van der Waals surface area contributed by atoms with Gasteiger partial charge in [-0.1, -0.05) is 0 Å². The Balaban J connectivity index is 2.48. The van der Waals surface area contributed by atoms with E-state index in [1.165, 1.54) is 0 Å². The number of hydrogen-bond acceptors (Lipinski definition) is 2. The third-order valence-electron chi connectivity index (χ3n) is 2.21. The van der Waals surface area contributed by atoms with Gasteiger partial charge in [-0.15, -0.1) is 0 Å². The van der Waals surface area contributed by atoms with Crippen LogP contribution in [-0.4, -0.2) is 17.7 Å². The number of halogens is 1. The normalized spacial score (nSPS) is 14.6. The first-order chi connectivity index (χ1) is 7.16. The smallest absolute Gasteiger partial charge is 0.331 e. The van der Waals surface area contributed by atoms with Crippen molar-refractivity contribution in [3.8, 4) is 5.75 Å². The molecule has 0 spiro atoms. The molecule has 0 bridgehead atoms. The molecule has 15 heavy (non-hydrogen) atoms. The monoisotopic (exact) mass is 316 g/mol. The van der Waals surface area contributed by atoms with E-state index in [1.807, 2.05) is 18.2 Å². The Labute approximate surface area is 101 Å². The number of hydrogen-bond donors (Lipinski definition) is 1. The summed E-state index contributed by atoms with van der Waals surface area (Å²) in [7, 11) is 0. The van der Waals surface area contributed by atoms with Gasteiger partial charge in [-0.05, 0) is 46.9 Å².